The van der Waals surface area contributed by atoms with E-state index in [-0.39, 0.29) is 6.15 Å². The molecule has 0 spiro atoms. The SMILES string of the molecule is Cc1cc2oc3ccsc3c2s1.O=C=O. The molecule has 3 nitrogen and oxygen atoms in total. The van der Waals surface area contributed by atoms with Gasteiger partial charge in [0, 0.05) is 4.88 Å². The van der Waals surface area contributed by atoms with Gasteiger partial charge >= 0.3 is 6.15 Å². The van der Waals surface area contributed by atoms with Crippen molar-refractivity contribution in [2.45, 2.75) is 6.92 Å². The predicted molar refractivity (Wildman–Crippen MR) is 59.2 cm³/mol. The van der Waals surface area contributed by atoms with E-state index in [1.165, 1.54) is 14.3 Å². The highest BCUT2D eigenvalue weighted by Gasteiger charge is 2.09. The van der Waals surface area contributed by atoms with Gasteiger partial charge in [-0.1, -0.05) is 0 Å². The van der Waals surface area contributed by atoms with Gasteiger partial charge in [-0.3, -0.25) is 0 Å². The van der Waals surface area contributed by atoms with Gasteiger partial charge in [-0.2, -0.15) is 9.59 Å². The Bertz CT molecular complexity index is 623. The Hall–Kier alpha value is -1.42. The van der Waals surface area contributed by atoms with Crippen LogP contribution >= 0.6 is 22.7 Å². The lowest BCUT2D eigenvalue weighted by Gasteiger charge is -1.74. The third-order valence-electron chi connectivity index (χ3n) is 1.88. The molecule has 0 N–H and O–H groups in total. The third-order valence-corrected chi connectivity index (χ3v) is 3.97. The summed E-state index contributed by atoms with van der Waals surface area (Å²) in [5, 5.41) is 2.07. The number of fused-ring (bicyclic) bond motifs is 3. The van der Waals surface area contributed by atoms with Crippen molar-refractivity contribution in [1.29, 1.82) is 0 Å². The fourth-order valence-corrected chi connectivity index (χ4v) is 3.30. The summed E-state index contributed by atoms with van der Waals surface area (Å²) in [6, 6.07) is 4.13. The lowest BCUT2D eigenvalue weighted by molar-refractivity contribution is -0.191. The number of hydrogen-bond acceptors (Lipinski definition) is 5. The minimum absolute atomic E-state index is 0.250. The fourth-order valence-electron chi connectivity index (χ4n) is 1.39. The molecule has 0 amide bonds. The van der Waals surface area contributed by atoms with Crippen LogP contribution in [0.4, 0.5) is 0 Å². The minimum Gasteiger partial charge on any atom is -0.454 e. The van der Waals surface area contributed by atoms with Gasteiger partial charge in [0.15, 0.2) is 0 Å². The van der Waals surface area contributed by atoms with E-state index in [1.54, 1.807) is 11.3 Å². The van der Waals surface area contributed by atoms with Crippen LogP contribution in [0.1, 0.15) is 4.88 Å². The van der Waals surface area contributed by atoms with Crippen LogP contribution in [-0.2, 0) is 9.59 Å². The average molecular weight is 238 g/mol. The zero-order valence-electron chi connectivity index (χ0n) is 7.77. The smallest absolute Gasteiger partial charge is 0.373 e. The molecule has 0 saturated heterocycles. The van der Waals surface area contributed by atoms with E-state index in [0.717, 1.165) is 11.2 Å². The molecule has 76 valence electrons. The minimum atomic E-state index is 0.250. The summed E-state index contributed by atoms with van der Waals surface area (Å²) in [6.45, 7) is 2.11. The number of hydrogen-bond donors (Lipinski definition) is 0. The quantitative estimate of drug-likeness (QED) is 0.602. The van der Waals surface area contributed by atoms with E-state index in [0.29, 0.717) is 0 Å². The van der Waals surface area contributed by atoms with Crippen molar-refractivity contribution in [3.05, 3.63) is 22.4 Å². The first kappa shape index (κ1) is 10.1. The summed E-state index contributed by atoms with van der Waals surface area (Å²) in [4.78, 5) is 17.6. The maximum Gasteiger partial charge on any atom is 0.373 e. The highest BCUT2D eigenvalue weighted by atomic mass is 32.1. The first-order valence-electron chi connectivity index (χ1n) is 4.11. The van der Waals surface area contributed by atoms with Crippen molar-refractivity contribution in [2.75, 3.05) is 0 Å². The van der Waals surface area contributed by atoms with Gasteiger partial charge in [0.05, 0.1) is 9.40 Å². The maximum absolute atomic E-state index is 8.12. The molecule has 3 heterocycles. The lowest BCUT2D eigenvalue weighted by Crippen LogP contribution is -1.49. The molecule has 0 aliphatic heterocycles. The molecule has 0 atom stereocenters. The summed E-state index contributed by atoms with van der Waals surface area (Å²) < 4.78 is 8.23. The third kappa shape index (κ3) is 1.72. The van der Waals surface area contributed by atoms with Gasteiger partial charge in [0.2, 0.25) is 0 Å². The molecule has 3 aromatic heterocycles. The number of carbonyl (C=O) groups excluding carboxylic acids is 2. The van der Waals surface area contributed by atoms with E-state index >= 15 is 0 Å². The van der Waals surface area contributed by atoms with Crippen LogP contribution in [0.2, 0.25) is 0 Å². The summed E-state index contributed by atoms with van der Waals surface area (Å²) in [7, 11) is 0. The predicted octanol–water partition coefficient (Wildman–Crippen LogP) is 3.43. The van der Waals surface area contributed by atoms with Crippen LogP contribution in [0.15, 0.2) is 21.9 Å². The number of thiophene rings is 2. The molecule has 15 heavy (non-hydrogen) atoms. The largest absolute Gasteiger partial charge is 0.454 e. The second-order valence-corrected chi connectivity index (χ2v) is 5.02. The van der Waals surface area contributed by atoms with E-state index in [2.05, 4.69) is 18.4 Å². The van der Waals surface area contributed by atoms with Crippen molar-refractivity contribution in [3.63, 3.8) is 0 Å². The number of furan rings is 1. The van der Waals surface area contributed by atoms with Gasteiger partial charge in [0.1, 0.15) is 11.2 Å². The molecular weight excluding hydrogens is 232 g/mol. The Balaban J connectivity index is 0.000000258. The Morgan fingerprint density at radius 2 is 2.00 bits per heavy atom. The Kier molecular flexibility index (Phi) is 2.68. The van der Waals surface area contributed by atoms with Gasteiger partial charge < -0.3 is 4.42 Å². The molecule has 0 saturated carbocycles. The van der Waals surface area contributed by atoms with Gasteiger partial charge in [-0.05, 0) is 24.4 Å². The van der Waals surface area contributed by atoms with Crippen LogP contribution in [-0.4, -0.2) is 6.15 Å². The molecule has 3 aromatic rings. The summed E-state index contributed by atoms with van der Waals surface area (Å²) in [5.41, 5.74) is 2.07. The van der Waals surface area contributed by atoms with Crippen molar-refractivity contribution in [1.82, 2.24) is 0 Å². The second kappa shape index (κ2) is 3.98. The van der Waals surface area contributed by atoms with E-state index < -0.39 is 0 Å². The Morgan fingerprint density at radius 1 is 1.27 bits per heavy atom. The fraction of sp³-hybridized carbons (Fsp3) is 0.100. The lowest BCUT2D eigenvalue weighted by atomic mass is 10.4. The van der Waals surface area contributed by atoms with Crippen LogP contribution in [0.3, 0.4) is 0 Å². The molecule has 5 heteroatoms. The summed E-state index contributed by atoms with van der Waals surface area (Å²) in [6.07, 6.45) is 0.250. The molecule has 3 rings (SSSR count). The van der Waals surface area contributed by atoms with Crippen LogP contribution < -0.4 is 0 Å². The average Bonchev–Trinajstić information content (AvgIpc) is 2.77. The normalized spacial score (nSPS) is 9.93. The highest BCUT2D eigenvalue weighted by molar-refractivity contribution is 7.26. The first-order chi connectivity index (χ1) is 7.26. The standard InChI is InChI=1S/C9H6OS2.CO2/c1-5-4-7-9(12-5)8-6(10-7)2-3-11-8;2-1-3/h2-4H,1H3;. The Morgan fingerprint density at radius 3 is 2.73 bits per heavy atom. The van der Waals surface area contributed by atoms with E-state index in [4.69, 9.17) is 14.0 Å². The molecule has 0 aliphatic carbocycles. The van der Waals surface area contributed by atoms with Gasteiger partial charge in [-0.15, -0.1) is 22.7 Å². The molecule has 0 unspecified atom stereocenters. The molecule has 0 bridgehead atoms. The maximum atomic E-state index is 8.12. The topological polar surface area (TPSA) is 47.3 Å². The van der Waals surface area contributed by atoms with Crippen molar-refractivity contribution >= 4 is 49.4 Å². The summed E-state index contributed by atoms with van der Waals surface area (Å²) >= 11 is 3.56. The summed E-state index contributed by atoms with van der Waals surface area (Å²) in [5.74, 6) is 0. The van der Waals surface area contributed by atoms with E-state index in [1.807, 2.05) is 17.4 Å². The van der Waals surface area contributed by atoms with Gasteiger partial charge in [0.25, 0.3) is 0 Å². The zero-order valence-corrected chi connectivity index (χ0v) is 9.41. The monoisotopic (exact) mass is 238 g/mol. The second-order valence-electron chi connectivity index (χ2n) is 2.85. The molecule has 0 aliphatic rings. The van der Waals surface area contributed by atoms with E-state index in [9.17, 15) is 0 Å². The Labute approximate surface area is 92.9 Å². The van der Waals surface area contributed by atoms with Gasteiger partial charge in [-0.25, -0.2) is 0 Å². The molecular formula is C10H6O3S2. The highest BCUT2D eigenvalue weighted by Crippen LogP contribution is 2.37. The molecule has 0 fully saturated rings. The molecule has 0 aromatic carbocycles. The van der Waals surface area contributed by atoms with Crippen molar-refractivity contribution < 1.29 is 14.0 Å². The number of aryl methyl sites for hydroxylation is 1. The van der Waals surface area contributed by atoms with Crippen LogP contribution in [0, 0.1) is 6.92 Å². The molecule has 0 radical (unpaired) electrons. The van der Waals surface area contributed by atoms with Crippen molar-refractivity contribution in [2.24, 2.45) is 0 Å². The van der Waals surface area contributed by atoms with Crippen molar-refractivity contribution in [3.8, 4) is 0 Å². The zero-order chi connectivity index (χ0) is 10.8. The first-order valence-corrected chi connectivity index (χ1v) is 5.81. The number of rotatable bonds is 0. The van der Waals surface area contributed by atoms with Crippen LogP contribution in [0.25, 0.3) is 20.6 Å². The van der Waals surface area contributed by atoms with Crippen LogP contribution in [0.5, 0.6) is 0 Å².